The topological polar surface area (TPSA) is 105 Å². The zero-order valence-corrected chi connectivity index (χ0v) is 27.0. The number of hydrogen-bond acceptors (Lipinski definition) is 6. The zero-order chi connectivity index (χ0) is 31.7. The van der Waals surface area contributed by atoms with Crippen LogP contribution in [0.25, 0.3) is 0 Å². The summed E-state index contributed by atoms with van der Waals surface area (Å²) in [5, 5.41) is 3.50. The number of carbonyl (C=O) groups excluding carboxylic acids is 2. The third-order valence-corrected chi connectivity index (χ3v) is 9.24. The van der Waals surface area contributed by atoms with Gasteiger partial charge in [0.15, 0.2) is 11.5 Å². The van der Waals surface area contributed by atoms with Crippen LogP contribution in [0.4, 0.5) is 5.69 Å². The molecule has 0 heterocycles. The summed E-state index contributed by atoms with van der Waals surface area (Å²) in [6.45, 7) is 7.04. The number of halogens is 1. The maximum atomic E-state index is 14.2. The van der Waals surface area contributed by atoms with Crippen molar-refractivity contribution in [2.75, 3.05) is 25.1 Å². The van der Waals surface area contributed by atoms with Gasteiger partial charge < -0.3 is 19.7 Å². The van der Waals surface area contributed by atoms with E-state index < -0.39 is 28.5 Å². The van der Waals surface area contributed by atoms with Gasteiger partial charge in [0, 0.05) is 23.7 Å². The third-order valence-electron chi connectivity index (χ3n) is 7.20. The van der Waals surface area contributed by atoms with Crippen molar-refractivity contribution < 1.29 is 27.5 Å². The molecular formula is C32H40ClN3O6S. The van der Waals surface area contributed by atoms with Crippen LogP contribution in [0.2, 0.25) is 5.02 Å². The van der Waals surface area contributed by atoms with Gasteiger partial charge in [0.25, 0.3) is 10.0 Å². The quantitative estimate of drug-likeness (QED) is 0.250. The summed E-state index contributed by atoms with van der Waals surface area (Å²) in [5.41, 5.74) is 1.83. The first kappa shape index (κ1) is 33.7. The molecule has 0 aliphatic carbocycles. The molecule has 11 heteroatoms. The van der Waals surface area contributed by atoms with Crippen LogP contribution >= 0.6 is 11.6 Å². The van der Waals surface area contributed by atoms with E-state index >= 15 is 0 Å². The average molecular weight is 630 g/mol. The van der Waals surface area contributed by atoms with Gasteiger partial charge in [-0.3, -0.25) is 13.9 Å². The number of hydrogen-bond donors (Lipinski definition) is 1. The first-order valence-electron chi connectivity index (χ1n) is 14.1. The molecule has 0 saturated carbocycles. The lowest BCUT2D eigenvalue weighted by molar-refractivity contribution is -0.140. The van der Waals surface area contributed by atoms with Crippen LogP contribution in [-0.2, 0) is 26.2 Å². The van der Waals surface area contributed by atoms with Gasteiger partial charge >= 0.3 is 0 Å². The number of aryl methyl sites for hydroxylation is 1. The van der Waals surface area contributed by atoms with Gasteiger partial charge in [-0.25, -0.2) is 8.42 Å². The molecule has 0 aliphatic rings. The molecule has 0 saturated heterocycles. The molecule has 3 aromatic carbocycles. The molecule has 0 fully saturated rings. The highest BCUT2D eigenvalue weighted by Crippen LogP contribution is 2.34. The Kier molecular flexibility index (Phi) is 11.9. The second-order valence-electron chi connectivity index (χ2n) is 10.3. The summed E-state index contributed by atoms with van der Waals surface area (Å²) < 4.78 is 40.0. The van der Waals surface area contributed by atoms with E-state index in [0.29, 0.717) is 22.9 Å². The van der Waals surface area contributed by atoms with Crippen molar-refractivity contribution in [1.29, 1.82) is 0 Å². The van der Waals surface area contributed by atoms with Crippen molar-refractivity contribution in [2.45, 2.75) is 64.1 Å². The third kappa shape index (κ3) is 8.42. The maximum absolute atomic E-state index is 14.2. The Morgan fingerprint density at radius 1 is 0.907 bits per heavy atom. The molecule has 0 aromatic heterocycles. The Bertz CT molecular complexity index is 1500. The van der Waals surface area contributed by atoms with Crippen LogP contribution in [-0.4, -0.2) is 58.0 Å². The Morgan fingerprint density at radius 2 is 1.53 bits per heavy atom. The molecule has 0 radical (unpaired) electrons. The molecule has 232 valence electrons. The second kappa shape index (κ2) is 15.1. The zero-order valence-electron chi connectivity index (χ0n) is 25.5. The first-order valence-corrected chi connectivity index (χ1v) is 15.9. The highest BCUT2D eigenvalue weighted by Gasteiger charge is 2.34. The van der Waals surface area contributed by atoms with Crippen molar-refractivity contribution in [2.24, 2.45) is 0 Å². The van der Waals surface area contributed by atoms with Gasteiger partial charge in [-0.05, 0) is 68.7 Å². The number of nitrogens with zero attached hydrogens (tertiary/aromatic N) is 2. The molecule has 0 spiro atoms. The van der Waals surface area contributed by atoms with E-state index in [1.807, 2.05) is 27.7 Å². The Hall–Kier alpha value is -3.76. The van der Waals surface area contributed by atoms with Crippen LogP contribution in [0, 0.1) is 6.92 Å². The van der Waals surface area contributed by atoms with Gasteiger partial charge in [-0.2, -0.15) is 0 Å². The molecule has 3 rings (SSSR count). The van der Waals surface area contributed by atoms with Crippen molar-refractivity contribution in [3.05, 3.63) is 82.9 Å². The molecule has 0 unspecified atom stereocenters. The smallest absolute Gasteiger partial charge is 0.264 e. The Labute approximate surface area is 259 Å². The number of methoxy groups -OCH3 is 2. The lowest BCUT2D eigenvalue weighted by Gasteiger charge is -2.34. The van der Waals surface area contributed by atoms with Crippen molar-refractivity contribution in [3.8, 4) is 11.5 Å². The SMILES string of the molecule is CC[C@H](C(=O)N[C@@H](C)CC)N(Cc1ccc(Cl)cc1)C(=O)CN(c1ccc(OC)c(OC)c1)S(=O)(=O)c1ccc(C)cc1. The summed E-state index contributed by atoms with van der Waals surface area (Å²) in [5.74, 6) is -0.152. The molecule has 9 nitrogen and oxygen atoms in total. The van der Waals surface area contributed by atoms with Gasteiger partial charge in [-0.15, -0.1) is 0 Å². The Morgan fingerprint density at radius 3 is 2.09 bits per heavy atom. The number of benzene rings is 3. The van der Waals surface area contributed by atoms with Gasteiger partial charge in [0.2, 0.25) is 11.8 Å². The minimum atomic E-state index is -4.23. The van der Waals surface area contributed by atoms with Gasteiger partial charge in [0.1, 0.15) is 12.6 Å². The average Bonchev–Trinajstić information content (AvgIpc) is 3.00. The monoisotopic (exact) mass is 629 g/mol. The molecule has 0 aliphatic heterocycles. The molecule has 0 bridgehead atoms. The van der Waals surface area contributed by atoms with Crippen LogP contribution in [0.3, 0.4) is 0 Å². The van der Waals surface area contributed by atoms with Crippen LogP contribution in [0.5, 0.6) is 11.5 Å². The van der Waals surface area contributed by atoms with Crippen LogP contribution in [0.1, 0.15) is 44.7 Å². The van der Waals surface area contributed by atoms with Crippen LogP contribution < -0.4 is 19.1 Å². The Balaban J connectivity index is 2.11. The molecule has 43 heavy (non-hydrogen) atoms. The minimum Gasteiger partial charge on any atom is -0.493 e. The minimum absolute atomic E-state index is 0.0199. The fourth-order valence-electron chi connectivity index (χ4n) is 4.49. The summed E-state index contributed by atoms with van der Waals surface area (Å²) in [7, 11) is -1.30. The van der Waals surface area contributed by atoms with Gasteiger partial charge in [-0.1, -0.05) is 55.3 Å². The van der Waals surface area contributed by atoms with Crippen molar-refractivity contribution >= 4 is 39.1 Å². The molecule has 1 N–H and O–H groups in total. The molecule has 3 aromatic rings. The molecule has 2 amide bonds. The van der Waals surface area contributed by atoms with E-state index in [0.717, 1.165) is 21.9 Å². The number of nitrogens with one attached hydrogen (secondary N) is 1. The number of anilines is 1. The van der Waals surface area contributed by atoms with Crippen molar-refractivity contribution in [1.82, 2.24) is 10.2 Å². The highest BCUT2D eigenvalue weighted by molar-refractivity contribution is 7.92. The predicted molar refractivity (Wildman–Crippen MR) is 169 cm³/mol. The van der Waals surface area contributed by atoms with E-state index in [1.165, 1.54) is 37.3 Å². The summed E-state index contributed by atoms with van der Waals surface area (Å²) in [4.78, 5) is 29.1. The maximum Gasteiger partial charge on any atom is 0.264 e. The van der Waals surface area contributed by atoms with Crippen molar-refractivity contribution in [3.63, 3.8) is 0 Å². The van der Waals surface area contributed by atoms with E-state index in [9.17, 15) is 18.0 Å². The number of carbonyl (C=O) groups is 2. The first-order chi connectivity index (χ1) is 20.4. The fourth-order valence-corrected chi connectivity index (χ4v) is 6.03. The number of rotatable bonds is 14. The lowest BCUT2D eigenvalue weighted by Crippen LogP contribution is -2.53. The van der Waals surface area contributed by atoms with E-state index in [4.69, 9.17) is 21.1 Å². The number of amides is 2. The number of ether oxygens (including phenoxy) is 2. The summed E-state index contributed by atoms with van der Waals surface area (Å²) in [6.07, 6.45) is 1.04. The standard InChI is InChI=1S/C32H40ClN3O6S/c1-7-23(4)34-32(38)28(8-2)35(20-24-11-13-25(33)14-12-24)31(37)21-36(26-15-18-29(41-5)30(19-26)42-6)43(39,40)27-16-9-22(3)10-17-27/h9-19,23,28H,7-8,20-21H2,1-6H3,(H,34,38)/t23-,28+/m0/s1. The van der Waals surface area contributed by atoms with Crippen LogP contribution in [0.15, 0.2) is 71.6 Å². The highest BCUT2D eigenvalue weighted by atomic mass is 35.5. The normalized spacial score (nSPS) is 12.6. The van der Waals surface area contributed by atoms with E-state index in [1.54, 1.807) is 48.5 Å². The number of sulfonamides is 1. The fraction of sp³-hybridized carbons (Fsp3) is 0.375. The second-order valence-corrected chi connectivity index (χ2v) is 12.6. The van der Waals surface area contributed by atoms with Gasteiger partial charge in [0.05, 0.1) is 24.8 Å². The molecular weight excluding hydrogens is 590 g/mol. The van der Waals surface area contributed by atoms with E-state index in [2.05, 4.69) is 5.32 Å². The summed E-state index contributed by atoms with van der Waals surface area (Å²) in [6, 6.07) is 17.1. The lowest BCUT2D eigenvalue weighted by atomic mass is 10.1. The molecule has 2 atom stereocenters. The van der Waals surface area contributed by atoms with E-state index in [-0.39, 0.29) is 29.1 Å². The summed E-state index contributed by atoms with van der Waals surface area (Å²) >= 11 is 6.09. The predicted octanol–water partition coefficient (Wildman–Crippen LogP) is 5.58. The largest absolute Gasteiger partial charge is 0.493 e.